The van der Waals surface area contributed by atoms with Crippen molar-refractivity contribution in [3.05, 3.63) is 26.6 Å². The maximum Gasteiger partial charge on any atom is 0.233 e. The Balaban J connectivity index is 2.11. The van der Waals surface area contributed by atoms with Crippen molar-refractivity contribution in [3.63, 3.8) is 0 Å². The molecule has 0 spiro atoms. The van der Waals surface area contributed by atoms with Crippen molar-refractivity contribution in [2.24, 2.45) is 5.92 Å². The van der Waals surface area contributed by atoms with Gasteiger partial charge in [0.05, 0.1) is 11.4 Å². The van der Waals surface area contributed by atoms with Crippen molar-refractivity contribution in [1.82, 2.24) is 5.32 Å². The lowest BCUT2D eigenvalue weighted by atomic mass is 10.0. The molecule has 0 amide bonds. The maximum absolute atomic E-state index is 12.3. The molecule has 1 saturated heterocycles. The number of sulfonamides is 1. The van der Waals surface area contributed by atoms with Crippen LogP contribution in [-0.4, -0.2) is 27.3 Å². The molecule has 1 aliphatic heterocycles. The molecule has 1 aliphatic rings. The predicted molar refractivity (Wildman–Crippen MR) is 89.6 cm³/mol. The van der Waals surface area contributed by atoms with E-state index in [1.165, 1.54) is 0 Å². The average Bonchev–Trinajstić information content (AvgIpc) is 2.34. The molecule has 7 heteroatoms. The van der Waals surface area contributed by atoms with E-state index in [0.29, 0.717) is 5.69 Å². The lowest BCUT2D eigenvalue weighted by Crippen LogP contribution is -2.35. The lowest BCUT2D eigenvalue weighted by Gasteiger charge is -2.23. The van der Waals surface area contributed by atoms with Crippen molar-refractivity contribution < 1.29 is 8.42 Å². The van der Waals surface area contributed by atoms with E-state index in [2.05, 4.69) is 41.9 Å². The van der Waals surface area contributed by atoms with Crippen LogP contribution in [0.2, 0.25) is 0 Å². The fraction of sp³-hybridized carbons (Fsp3) is 0.538. The molecule has 1 unspecified atom stereocenters. The quantitative estimate of drug-likeness (QED) is 0.778. The second kappa shape index (κ2) is 6.77. The predicted octanol–water partition coefficient (Wildman–Crippen LogP) is 3.26. The highest BCUT2D eigenvalue weighted by molar-refractivity contribution is 9.11. The van der Waals surface area contributed by atoms with Crippen LogP contribution in [0, 0.1) is 12.8 Å². The Hall–Kier alpha value is -0.110. The van der Waals surface area contributed by atoms with Crippen molar-refractivity contribution in [1.29, 1.82) is 0 Å². The number of anilines is 1. The van der Waals surface area contributed by atoms with Crippen LogP contribution >= 0.6 is 31.9 Å². The van der Waals surface area contributed by atoms with E-state index >= 15 is 0 Å². The molecule has 0 aromatic heterocycles. The third kappa shape index (κ3) is 4.44. The first-order valence-corrected chi connectivity index (χ1v) is 9.78. The Morgan fingerprint density at radius 2 is 2.00 bits per heavy atom. The fourth-order valence-electron chi connectivity index (χ4n) is 2.37. The summed E-state index contributed by atoms with van der Waals surface area (Å²) in [5, 5.41) is 3.24. The number of aryl methyl sites for hydroxylation is 1. The number of hydrogen-bond acceptors (Lipinski definition) is 3. The molecule has 20 heavy (non-hydrogen) atoms. The van der Waals surface area contributed by atoms with Gasteiger partial charge in [0.2, 0.25) is 10.0 Å². The minimum atomic E-state index is -3.34. The summed E-state index contributed by atoms with van der Waals surface area (Å²) >= 11 is 6.81. The first-order chi connectivity index (χ1) is 9.37. The first-order valence-electron chi connectivity index (χ1n) is 6.54. The number of rotatable bonds is 4. The molecule has 1 aromatic carbocycles. The molecule has 1 fully saturated rings. The number of halogens is 2. The van der Waals surface area contributed by atoms with E-state index in [4.69, 9.17) is 0 Å². The van der Waals surface area contributed by atoms with Crippen molar-refractivity contribution in [3.8, 4) is 0 Å². The normalized spacial score (nSPS) is 19.9. The van der Waals surface area contributed by atoms with Crippen LogP contribution in [0.15, 0.2) is 21.1 Å². The van der Waals surface area contributed by atoms with E-state index < -0.39 is 10.0 Å². The summed E-state index contributed by atoms with van der Waals surface area (Å²) in [6.45, 7) is 3.72. The largest absolute Gasteiger partial charge is 0.316 e. The standard InChI is InChI=1S/C13H18Br2N2O2S/c1-9-5-11(14)13(12(15)6-9)17-20(18,19)8-10-3-2-4-16-7-10/h5-6,10,16-17H,2-4,7-8H2,1H3. The number of nitrogens with one attached hydrogen (secondary N) is 2. The fourth-order valence-corrected chi connectivity index (χ4v) is 5.77. The van der Waals surface area contributed by atoms with Crippen LogP contribution in [0.5, 0.6) is 0 Å². The summed E-state index contributed by atoms with van der Waals surface area (Å²) in [5.41, 5.74) is 1.63. The molecule has 1 heterocycles. The van der Waals surface area contributed by atoms with Gasteiger partial charge in [0.25, 0.3) is 0 Å². The second-order valence-corrected chi connectivity index (χ2v) is 8.68. The summed E-state index contributed by atoms with van der Waals surface area (Å²) in [4.78, 5) is 0. The molecule has 4 nitrogen and oxygen atoms in total. The Bertz CT molecular complexity index is 561. The molecule has 1 aromatic rings. The van der Waals surface area contributed by atoms with E-state index in [1.54, 1.807) is 0 Å². The van der Waals surface area contributed by atoms with Crippen molar-refractivity contribution >= 4 is 47.6 Å². The number of hydrogen-bond donors (Lipinski definition) is 2. The Morgan fingerprint density at radius 3 is 2.55 bits per heavy atom. The summed E-state index contributed by atoms with van der Waals surface area (Å²) < 4.78 is 28.7. The smallest absolute Gasteiger partial charge is 0.233 e. The lowest BCUT2D eigenvalue weighted by molar-refractivity contribution is 0.404. The van der Waals surface area contributed by atoms with Crippen LogP contribution in [0.1, 0.15) is 18.4 Å². The molecule has 0 saturated carbocycles. The zero-order valence-electron chi connectivity index (χ0n) is 11.2. The second-order valence-electron chi connectivity index (χ2n) is 5.20. The van der Waals surface area contributed by atoms with Gasteiger partial charge in [-0.1, -0.05) is 0 Å². The van der Waals surface area contributed by atoms with Gasteiger partial charge in [-0.3, -0.25) is 4.72 Å². The highest BCUT2D eigenvalue weighted by Crippen LogP contribution is 2.33. The van der Waals surface area contributed by atoms with E-state index in [0.717, 1.165) is 40.4 Å². The summed E-state index contributed by atoms with van der Waals surface area (Å²) in [6.07, 6.45) is 2.00. The van der Waals surface area contributed by atoms with Gasteiger partial charge in [-0.25, -0.2) is 8.42 Å². The summed E-state index contributed by atoms with van der Waals surface area (Å²) in [5.74, 6) is 0.344. The van der Waals surface area contributed by atoms with Gasteiger partial charge >= 0.3 is 0 Å². The Kier molecular flexibility index (Phi) is 5.50. The van der Waals surface area contributed by atoms with Gasteiger partial charge in [0.15, 0.2) is 0 Å². The third-order valence-electron chi connectivity index (χ3n) is 3.30. The SMILES string of the molecule is Cc1cc(Br)c(NS(=O)(=O)CC2CCCNC2)c(Br)c1. The molecular weight excluding hydrogens is 408 g/mol. The highest BCUT2D eigenvalue weighted by Gasteiger charge is 2.22. The van der Waals surface area contributed by atoms with Crippen molar-refractivity contribution in [2.75, 3.05) is 23.6 Å². The van der Waals surface area contributed by atoms with Gasteiger partial charge in [-0.05, 0) is 88.3 Å². The number of piperidine rings is 1. The van der Waals surface area contributed by atoms with Crippen molar-refractivity contribution in [2.45, 2.75) is 19.8 Å². The monoisotopic (exact) mass is 424 g/mol. The molecule has 112 valence electrons. The zero-order valence-corrected chi connectivity index (χ0v) is 15.2. The van der Waals surface area contributed by atoms with E-state index in [-0.39, 0.29) is 11.7 Å². The van der Waals surface area contributed by atoms with Crippen LogP contribution < -0.4 is 10.0 Å². The molecule has 0 radical (unpaired) electrons. The minimum absolute atomic E-state index is 0.159. The maximum atomic E-state index is 12.3. The van der Waals surface area contributed by atoms with Crippen LogP contribution in [0.4, 0.5) is 5.69 Å². The minimum Gasteiger partial charge on any atom is -0.316 e. The molecule has 1 atom stereocenters. The summed E-state index contributed by atoms with van der Waals surface area (Å²) in [7, 11) is -3.34. The Labute approximate surface area is 137 Å². The topological polar surface area (TPSA) is 58.2 Å². The van der Waals surface area contributed by atoms with Gasteiger partial charge in [-0.2, -0.15) is 0 Å². The first kappa shape index (κ1) is 16.3. The highest BCUT2D eigenvalue weighted by atomic mass is 79.9. The molecular formula is C13H18Br2N2O2S. The molecule has 2 rings (SSSR count). The molecule has 0 aliphatic carbocycles. The zero-order chi connectivity index (χ0) is 14.8. The van der Waals surface area contributed by atoms with Crippen LogP contribution in [-0.2, 0) is 10.0 Å². The van der Waals surface area contributed by atoms with E-state index in [1.807, 2.05) is 19.1 Å². The van der Waals surface area contributed by atoms with Gasteiger partial charge in [0.1, 0.15) is 0 Å². The van der Waals surface area contributed by atoms with Gasteiger partial charge in [-0.15, -0.1) is 0 Å². The molecule has 2 N–H and O–H groups in total. The third-order valence-corrected chi connectivity index (χ3v) is 5.97. The number of benzene rings is 1. The summed E-state index contributed by atoms with van der Waals surface area (Å²) in [6, 6.07) is 3.79. The molecule has 0 bridgehead atoms. The van der Waals surface area contributed by atoms with E-state index in [9.17, 15) is 8.42 Å². The average molecular weight is 426 g/mol. The van der Waals surface area contributed by atoms with Gasteiger partial charge < -0.3 is 5.32 Å². The Morgan fingerprint density at radius 1 is 1.35 bits per heavy atom. The van der Waals surface area contributed by atoms with Crippen LogP contribution in [0.25, 0.3) is 0 Å². The van der Waals surface area contributed by atoms with Crippen LogP contribution in [0.3, 0.4) is 0 Å². The van der Waals surface area contributed by atoms with Gasteiger partial charge in [0, 0.05) is 8.95 Å².